The van der Waals surface area contributed by atoms with Crippen molar-refractivity contribution < 1.29 is 10.0 Å². The molecule has 1 rings (SSSR count). The molecule has 0 fully saturated rings. The summed E-state index contributed by atoms with van der Waals surface area (Å²) in [6, 6.07) is 4.55. The van der Waals surface area contributed by atoms with Crippen molar-refractivity contribution in [3.05, 3.63) is 34.3 Å². The largest absolute Gasteiger partial charge is 0.409 e. The Balaban J connectivity index is 3.00. The minimum Gasteiger partial charge on any atom is -0.409 e. The topological polar surface area (TPSA) is 78.9 Å². The number of hydrogen-bond acceptors (Lipinski definition) is 3. The van der Waals surface area contributed by atoms with E-state index in [4.69, 9.17) is 22.5 Å². The number of likely N-dealkylation sites (N-methyl/N-ethyl adjacent to an activating group) is 1. The first-order valence-corrected chi connectivity index (χ1v) is 5.77. The van der Waals surface area contributed by atoms with Gasteiger partial charge < -0.3 is 15.8 Å². The van der Waals surface area contributed by atoms with E-state index >= 15 is 0 Å². The number of carbonyl (C=O) groups is 1. The van der Waals surface area contributed by atoms with Crippen molar-refractivity contribution >= 4 is 23.3 Å². The molecular formula is C12H16ClN3O2. The number of halogens is 1. The summed E-state index contributed by atoms with van der Waals surface area (Å²) in [5, 5.41) is 12.1. The Hall–Kier alpha value is -1.75. The van der Waals surface area contributed by atoms with Crippen LogP contribution in [0, 0.1) is 6.92 Å². The standard InChI is InChI=1S/C12H16ClN3O2/c1-7-6-9(13)4-5-10(7)12(17)16(3)8(2)11(14)15-18/h4-6,8,18H,1-3H3,(H2,14,15). The molecule has 1 unspecified atom stereocenters. The SMILES string of the molecule is Cc1cc(Cl)ccc1C(=O)N(C)C(C)/C(N)=N/O. The van der Waals surface area contributed by atoms with Gasteiger partial charge in [-0.05, 0) is 37.6 Å². The fourth-order valence-electron chi connectivity index (χ4n) is 1.51. The third kappa shape index (κ3) is 2.92. The van der Waals surface area contributed by atoms with E-state index in [-0.39, 0.29) is 11.7 Å². The number of amides is 1. The van der Waals surface area contributed by atoms with Crippen LogP contribution < -0.4 is 5.73 Å². The van der Waals surface area contributed by atoms with E-state index in [1.165, 1.54) is 4.90 Å². The van der Waals surface area contributed by atoms with Crippen molar-refractivity contribution in [2.45, 2.75) is 19.9 Å². The predicted molar refractivity (Wildman–Crippen MR) is 71.2 cm³/mol. The van der Waals surface area contributed by atoms with Crippen LogP contribution in [0.4, 0.5) is 0 Å². The number of nitrogens with zero attached hydrogens (tertiary/aromatic N) is 2. The Labute approximate surface area is 111 Å². The molecule has 0 spiro atoms. The molecule has 0 aliphatic heterocycles. The van der Waals surface area contributed by atoms with E-state index in [9.17, 15) is 4.79 Å². The third-order valence-corrected chi connectivity index (χ3v) is 3.10. The zero-order valence-electron chi connectivity index (χ0n) is 10.5. The highest BCUT2D eigenvalue weighted by Crippen LogP contribution is 2.17. The summed E-state index contributed by atoms with van der Waals surface area (Å²) in [6.07, 6.45) is 0. The van der Waals surface area contributed by atoms with E-state index in [2.05, 4.69) is 5.16 Å². The van der Waals surface area contributed by atoms with Crippen LogP contribution in [0.3, 0.4) is 0 Å². The number of amidine groups is 1. The number of oxime groups is 1. The Kier molecular flexibility index (Phi) is 4.55. The highest BCUT2D eigenvalue weighted by molar-refractivity contribution is 6.30. The van der Waals surface area contributed by atoms with Gasteiger partial charge in [-0.3, -0.25) is 4.79 Å². The average molecular weight is 270 g/mol. The fraction of sp³-hybridized carbons (Fsp3) is 0.333. The molecule has 0 aliphatic carbocycles. The van der Waals surface area contributed by atoms with Gasteiger partial charge in [0.25, 0.3) is 5.91 Å². The smallest absolute Gasteiger partial charge is 0.254 e. The van der Waals surface area contributed by atoms with E-state index in [0.29, 0.717) is 10.6 Å². The fourth-order valence-corrected chi connectivity index (χ4v) is 1.74. The molecule has 0 saturated heterocycles. The minimum atomic E-state index is -0.488. The van der Waals surface area contributed by atoms with Crippen LogP contribution in [0.1, 0.15) is 22.8 Å². The monoisotopic (exact) mass is 269 g/mol. The lowest BCUT2D eigenvalue weighted by Crippen LogP contribution is -2.44. The van der Waals surface area contributed by atoms with Gasteiger partial charge >= 0.3 is 0 Å². The molecule has 0 bridgehead atoms. The van der Waals surface area contributed by atoms with Crippen molar-refractivity contribution in [2.75, 3.05) is 7.05 Å². The second-order valence-corrected chi connectivity index (χ2v) is 4.51. The zero-order valence-corrected chi connectivity index (χ0v) is 11.3. The number of rotatable bonds is 3. The summed E-state index contributed by atoms with van der Waals surface area (Å²) in [5.41, 5.74) is 6.81. The van der Waals surface area contributed by atoms with Gasteiger partial charge in [0.2, 0.25) is 0 Å². The molecule has 1 aromatic rings. The van der Waals surface area contributed by atoms with Crippen LogP contribution in [0.25, 0.3) is 0 Å². The van der Waals surface area contributed by atoms with Crippen molar-refractivity contribution in [3.63, 3.8) is 0 Å². The summed E-state index contributed by atoms with van der Waals surface area (Å²) >= 11 is 5.84. The highest BCUT2D eigenvalue weighted by Gasteiger charge is 2.21. The molecule has 0 saturated carbocycles. The summed E-state index contributed by atoms with van der Waals surface area (Å²) in [7, 11) is 1.60. The molecule has 1 amide bonds. The summed E-state index contributed by atoms with van der Waals surface area (Å²) in [6.45, 7) is 3.49. The van der Waals surface area contributed by atoms with Crippen LogP contribution in [0.2, 0.25) is 5.02 Å². The Morgan fingerprint density at radius 3 is 2.67 bits per heavy atom. The minimum absolute atomic E-state index is 0.0162. The molecule has 18 heavy (non-hydrogen) atoms. The van der Waals surface area contributed by atoms with Crippen LogP contribution in [-0.4, -0.2) is 34.9 Å². The van der Waals surface area contributed by atoms with Crippen LogP contribution in [-0.2, 0) is 0 Å². The van der Waals surface area contributed by atoms with Gasteiger partial charge in [0.05, 0.1) is 6.04 Å². The third-order valence-electron chi connectivity index (χ3n) is 2.86. The molecule has 0 heterocycles. The van der Waals surface area contributed by atoms with Gasteiger partial charge in [-0.2, -0.15) is 0 Å². The molecule has 98 valence electrons. The van der Waals surface area contributed by atoms with Gasteiger partial charge in [0, 0.05) is 17.6 Å². The van der Waals surface area contributed by atoms with Crippen molar-refractivity contribution in [3.8, 4) is 0 Å². The maximum absolute atomic E-state index is 12.2. The first-order valence-electron chi connectivity index (χ1n) is 5.39. The molecule has 5 nitrogen and oxygen atoms in total. The van der Waals surface area contributed by atoms with E-state index in [1.807, 2.05) is 0 Å². The number of nitrogens with two attached hydrogens (primary N) is 1. The maximum atomic E-state index is 12.2. The molecule has 1 aromatic carbocycles. The van der Waals surface area contributed by atoms with Crippen LogP contribution >= 0.6 is 11.6 Å². The molecule has 0 aromatic heterocycles. The highest BCUT2D eigenvalue weighted by atomic mass is 35.5. The van der Waals surface area contributed by atoms with E-state index in [0.717, 1.165) is 5.56 Å². The van der Waals surface area contributed by atoms with Gasteiger partial charge in [-0.15, -0.1) is 0 Å². The number of aryl methyl sites for hydroxylation is 1. The Bertz CT molecular complexity index is 488. The van der Waals surface area contributed by atoms with Crippen molar-refractivity contribution in [2.24, 2.45) is 10.9 Å². The van der Waals surface area contributed by atoms with E-state index in [1.54, 1.807) is 39.1 Å². The Morgan fingerprint density at radius 1 is 1.56 bits per heavy atom. The van der Waals surface area contributed by atoms with Crippen molar-refractivity contribution in [1.82, 2.24) is 4.90 Å². The zero-order chi connectivity index (χ0) is 13.9. The summed E-state index contributed by atoms with van der Waals surface area (Å²) in [5.74, 6) is -0.222. The van der Waals surface area contributed by atoms with Crippen LogP contribution in [0.5, 0.6) is 0 Å². The molecule has 1 atom stereocenters. The normalized spacial score (nSPS) is 13.2. The van der Waals surface area contributed by atoms with E-state index < -0.39 is 6.04 Å². The van der Waals surface area contributed by atoms with Gasteiger partial charge in [0.15, 0.2) is 5.84 Å². The lowest BCUT2D eigenvalue weighted by Gasteiger charge is -2.24. The Morgan fingerprint density at radius 2 is 2.17 bits per heavy atom. The quantitative estimate of drug-likeness (QED) is 0.380. The number of benzene rings is 1. The lowest BCUT2D eigenvalue weighted by atomic mass is 10.1. The molecule has 0 radical (unpaired) electrons. The summed E-state index contributed by atoms with van der Waals surface area (Å²) in [4.78, 5) is 13.6. The molecule has 3 N–H and O–H groups in total. The molecule has 6 heteroatoms. The van der Waals surface area contributed by atoms with Crippen molar-refractivity contribution in [1.29, 1.82) is 0 Å². The predicted octanol–water partition coefficient (Wildman–Crippen LogP) is 1.86. The van der Waals surface area contributed by atoms with Crippen LogP contribution in [0.15, 0.2) is 23.4 Å². The average Bonchev–Trinajstić information content (AvgIpc) is 2.35. The first kappa shape index (κ1) is 14.3. The second kappa shape index (κ2) is 5.73. The number of hydrogen-bond donors (Lipinski definition) is 2. The molecular weight excluding hydrogens is 254 g/mol. The summed E-state index contributed by atoms with van der Waals surface area (Å²) < 4.78 is 0. The van der Waals surface area contributed by atoms with Gasteiger partial charge in [-0.25, -0.2) is 0 Å². The number of carbonyl (C=O) groups excluding carboxylic acids is 1. The maximum Gasteiger partial charge on any atom is 0.254 e. The lowest BCUT2D eigenvalue weighted by molar-refractivity contribution is 0.0775. The first-order chi connectivity index (χ1) is 8.38. The van der Waals surface area contributed by atoms with Gasteiger partial charge in [0.1, 0.15) is 0 Å². The second-order valence-electron chi connectivity index (χ2n) is 4.08. The molecule has 0 aliphatic rings. The van der Waals surface area contributed by atoms with Gasteiger partial charge in [-0.1, -0.05) is 16.8 Å².